The van der Waals surface area contributed by atoms with E-state index < -0.39 is 0 Å². The van der Waals surface area contributed by atoms with Crippen LogP contribution in [-0.4, -0.2) is 111 Å². The number of pyridine rings is 1. The lowest BCUT2D eigenvalue weighted by Gasteiger charge is -2.16. The van der Waals surface area contributed by atoms with Crippen LogP contribution in [0.5, 0.6) is 11.5 Å². The molecule has 1 aliphatic heterocycles. The molecule has 0 bridgehead atoms. The Morgan fingerprint density at radius 2 is 1.67 bits per heavy atom. The number of unbranched alkanes of at least 4 members (excludes halogenated alkanes) is 2. The Morgan fingerprint density at radius 3 is 2.21 bits per heavy atom. The highest BCUT2D eigenvalue weighted by Crippen LogP contribution is 2.40. The Morgan fingerprint density at radius 1 is 0.947 bits per heavy atom. The minimum Gasteiger partial charge on any atom is -0.508 e. The zero-order chi connectivity index (χ0) is 42.6. The molecule has 3 aromatic carbocycles. The average molecular weight is 807 g/mol. The molecule has 312 valence electrons. The molecule has 0 atom stereocenters. The molecule has 57 heavy (non-hydrogen) atoms. The molecule has 0 aliphatic carbocycles. The van der Waals surface area contributed by atoms with E-state index in [1.165, 1.54) is 52.5 Å². The molecule has 1 aliphatic rings. The summed E-state index contributed by atoms with van der Waals surface area (Å²) in [7, 11) is 7.63. The number of carbonyl (C=O) groups is 3. The summed E-state index contributed by atoms with van der Waals surface area (Å²) in [6.07, 6.45) is 12.9. The number of aromatic hydroxyl groups is 1. The second-order valence-corrected chi connectivity index (χ2v) is 12.8. The van der Waals surface area contributed by atoms with Crippen molar-refractivity contribution >= 4 is 58.4 Å². The number of anilines is 2. The average Bonchev–Trinajstić information content (AvgIpc) is 3.85. The maximum Gasteiger partial charge on any atom is 0.209 e. The molecule has 0 saturated heterocycles. The summed E-state index contributed by atoms with van der Waals surface area (Å²) in [4.78, 5) is 38.9. The number of nitrogens with zero attached hydrogens (tertiary/aromatic N) is 4. The number of aromatic nitrogens is 2. The number of alkyl halides is 1. The Labute approximate surface area is 343 Å². The molecule has 1 amide bonds. The number of methoxy groups -OCH3 is 1. The van der Waals surface area contributed by atoms with Crippen molar-refractivity contribution in [1.29, 1.82) is 0 Å². The summed E-state index contributed by atoms with van der Waals surface area (Å²) in [6, 6.07) is 18.4. The first kappa shape index (κ1) is 49.8. The van der Waals surface area contributed by atoms with Gasteiger partial charge >= 0.3 is 0 Å². The van der Waals surface area contributed by atoms with Crippen molar-refractivity contribution in [3.8, 4) is 11.5 Å². The van der Waals surface area contributed by atoms with Crippen LogP contribution >= 0.6 is 11.6 Å². The lowest BCUT2D eigenvalue weighted by molar-refractivity contribution is -0.118. The first-order valence-corrected chi connectivity index (χ1v) is 19.9. The summed E-state index contributed by atoms with van der Waals surface area (Å²) in [5.41, 5.74) is 6.93. The third-order valence-electron chi connectivity index (χ3n) is 8.72. The number of rotatable bonds is 13. The fourth-order valence-corrected chi connectivity index (χ4v) is 5.74. The highest BCUT2D eigenvalue weighted by molar-refractivity contribution is 6.15. The Hall–Kier alpha value is -5.17. The lowest BCUT2D eigenvalue weighted by atomic mass is 9.97. The SMILES string of the molecule is CCCCCO.CCCN(C=O)CCNC.CCl.CNc1ccc2nc(C=O)cn2c1.COc1cc2c(c3c(C)cccc13)CCN2C.O=Cc1ccc(O)cc1. The van der Waals surface area contributed by atoms with Gasteiger partial charge in [0.15, 0.2) is 6.29 Å². The number of aryl methyl sites for hydroxylation is 1. The van der Waals surface area contributed by atoms with Gasteiger partial charge in [-0.3, -0.25) is 14.4 Å². The summed E-state index contributed by atoms with van der Waals surface area (Å²) < 4.78 is 7.34. The van der Waals surface area contributed by atoms with Crippen molar-refractivity contribution in [2.45, 2.75) is 52.9 Å². The van der Waals surface area contributed by atoms with Gasteiger partial charge < -0.3 is 39.8 Å². The summed E-state index contributed by atoms with van der Waals surface area (Å²) >= 11 is 4.64. The normalized spacial score (nSPS) is 10.7. The third kappa shape index (κ3) is 16.8. The van der Waals surface area contributed by atoms with Gasteiger partial charge in [0.05, 0.1) is 12.8 Å². The predicted molar refractivity (Wildman–Crippen MR) is 236 cm³/mol. The number of aliphatic hydroxyl groups is 1. The molecule has 12 nitrogen and oxygen atoms in total. The van der Waals surface area contributed by atoms with E-state index in [4.69, 9.17) is 14.9 Å². The number of fused-ring (bicyclic) bond motifs is 4. The van der Waals surface area contributed by atoms with Crippen molar-refractivity contribution in [2.24, 2.45) is 0 Å². The zero-order valence-electron chi connectivity index (χ0n) is 34.9. The number of hydrogen-bond donors (Lipinski definition) is 4. The minimum atomic E-state index is 0.181. The molecule has 0 saturated carbocycles. The van der Waals surface area contributed by atoms with Crippen LogP contribution in [0.3, 0.4) is 0 Å². The maximum atomic E-state index is 10.4. The zero-order valence-corrected chi connectivity index (χ0v) is 35.7. The molecule has 5 aromatic rings. The number of carbonyl (C=O) groups excluding carboxylic acids is 3. The smallest absolute Gasteiger partial charge is 0.209 e. The van der Waals surface area contributed by atoms with E-state index >= 15 is 0 Å². The van der Waals surface area contributed by atoms with Crippen LogP contribution in [-0.2, 0) is 11.2 Å². The molecular weight excluding hydrogens is 744 g/mol. The molecular formula is C44H63ClN6O6. The van der Waals surface area contributed by atoms with E-state index in [1.54, 1.807) is 30.3 Å². The monoisotopic (exact) mass is 806 g/mol. The largest absolute Gasteiger partial charge is 0.508 e. The fraction of sp³-hybridized carbons (Fsp3) is 0.409. The number of imidazole rings is 1. The Balaban J connectivity index is 0.000000367. The molecule has 0 unspecified atom stereocenters. The van der Waals surface area contributed by atoms with Crippen LogP contribution < -0.4 is 20.3 Å². The summed E-state index contributed by atoms with van der Waals surface area (Å²) in [6.45, 7) is 10.4. The Bertz CT molecular complexity index is 1880. The molecule has 2 aromatic heterocycles. The molecule has 0 radical (unpaired) electrons. The van der Waals surface area contributed by atoms with Gasteiger partial charge in [-0.05, 0) is 86.1 Å². The van der Waals surface area contributed by atoms with Crippen molar-refractivity contribution in [1.82, 2.24) is 19.6 Å². The molecule has 6 rings (SSSR count). The molecule has 4 N–H and O–H groups in total. The number of amides is 1. The first-order chi connectivity index (χ1) is 27.6. The predicted octanol–water partition coefficient (Wildman–Crippen LogP) is 7.64. The number of phenolic OH excluding ortho intramolecular Hbond substituents is 1. The number of hydrogen-bond acceptors (Lipinski definition) is 10. The quantitative estimate of drug-likeness (QED) is 0.0532. The molecule has 13 heteroatoms. The Kier molecular flexibility index (Phi) is 25.5. The molecule has 0 fully saturated rings. The number of ether oxygens (including phenoxy) is 1. The number of aliphatic hydroxyl groups excluding tert-OH is 1. The topological polar surface area (TPSA) is 149 Å². The van der Waals surface area contributed by atoms with Crippen LogP contribution in [0.15, 0.2) is 73.1 Å². The van der Waals surface area contributed by atoms with Crippen molar-refractivity contribution in [3.05, 3.63) is 95.4 Å². The molecule has 3 heterocycles. The van der Waals surface area contributed by atoms with E-state index in [-0.39, 0.29) is 5.75 Å². The van der Waals surface area contributed by atoms with Gasteiger partial charge in [0.1, 0.15) is 29.1 Å². The van der Waals surface area contributed by atoms with Gasteiger partial charge in [-0.2, -0.15) is 0 Å². The van der Waals surface area contributed by atoms with Gasteiger partial charge in [0, 0.05) is 88.4 Å². The highest BCUT2D eigenvalue weighted by Gasteiger charge is 2.21. The minimum absolute atomic E-state index is 0.181. The van der Waals surface area contributed by atoms with E-state index in [0.717, 1.165) is 87.9 Å². The van der Waals surface area contributed by atoms with Gasteiger partial charge in [-0.25, -0.2) is 4.98 Å². The van der Waals surface area contributed by atoms with Crippen molar-refractivity contribution in [2.75, 3.05) is 77.6 Å². The number of aldehydes is 2. The van der Waals surface area contributed by atoms with Crippen LogP contribution in [0, 0.1) is 6.92 Å². The van der Waals surface area contributed by atoms with E-state index in [9.17, 15) is 14.4 Å². The van der Waals surface area contributed by atoms with Gasteiger partial charge in [0.25, 0.3) is 0 Å². The number of halogens is 1. The van der Waals surface area contributed by atoms with Crippen LogP contribution in [0.2, 0.25) is 0 Å². The standard InChI is InChI=1S/C15H17NO.C9H9N3O.C7H16N2O.C7H6O2.C5H12O.CH3Cl/c1-10-5-4-6-12-14(17-3)9-13-11(15(10)12)7-8-16(13)2;1-10-7-2-3-9-11-8(6-13)5-12(9)4-7;1-3-5-9(7-10)6-4-8-2;8-5-6-1-3-7(9)4-2-6;1-2-3-4-5-6;1-2/h4-6,9H,7-8H2,1-3H3;2-6,10H,1H3;7-8H,3-6H2,1-2H3;1-5,9H;6H,2-5H2,1H3;1H3. The van der Waals surface area contributed by atoms with Crippen molar-refractivity contribution < 1.29 is 29.3 Å². The van der Waals surface area contributed by atoms with Gasteiger partial charge in [-0.15, -0.1) is 11.6 Å². The third-order valence-corrected chi connectivity index (χ3v) is 8.72. The van der Waals surface area contributed by atoms with E-state index in [2.05, 4.69) is 84.2 Å². The maximum absolute atomic E-state index is 10.4. The number of phenols is 1. The fourth-order valence-electron chi connectivity index (χ4n) is 5.74. The van der Waals surface area contributed by atoms with Crippen LogP contribution in [0.25, 0.3) is 16.4 Å². The molecule has 0 spiro atoms. The summed E-state index contributed by atoms with van der Waals surface area (Å²) in [5.74, 6) is 1.16. The van der Waals surface area contributed by atoms with Gasteiger partial charge in [-0.1, -0.05) is 44.9 Å². The van der Waals surface area contributed by atoms with Crippen LogP contribution in [0.4, 0.5) is 11.4 Å². The number of nitrogens with one attached hydrogen (secondary N) is 2. The first-order valence-electron chi connectivity index (χ1n) is 19.1. The lowest BCUT2D eigenvalue weighted by Crippen LogP contribution is -2.30. The highest BCUT2D eigenvalue weighted by atomic mass is 35.5. The van der Waals surface area contributed by atoms with Crippen LogP contribution in [0.1, 0.15) is 71.5 Å². The number of benzene rings is 3. The second kappa shape index (κ2) is 29.1. The van der Waals surface area contributed by atoms with Crippen molar-refractivity contribution in [3.63, 3.8) is 0 Å². The van der Waals surface area contributed by atoms with E-state index in [1.807, 2.05) is 36.8 Å². The number of likely N-dealkylation sites (N-methyl/N-ethyl adjacent to an activating group) is 2. The second-order valence-electron chi connectivity index (χ2n) is 12.8. The van der Waals surface area contributed by atoms with E-state index in [0.29, 0.717) is 17.9 Å². The van der Waals surface area contributed by atoms with Gasteiger partial charge in [0.2, 0.25) is 6.41 Å². The summed E-state index contributed by atoms with van der Waals surface area (Å²) in [5, 5.41) is 25.6.